The number of carbonyl (C=O) groups excluding carboxylic acids is 1. The molecule has 0 saturated carbocycles. The molecule has 1 aromatic carbocycles. The number of hydrogen-bond acceptors (Lipinski definition) is 2. The predicted molar refractivity (Wildman–Crippen MR) is 63.8 cm³/mol. The van der Waals surface area contributed by atoms with Crippen LogP contribution in [0.5, 0.6) is 0 Å². The standard InChI is InChI=1S/C14H15F3O2/c15-14(16,17)12-5-3-10(4-6-12)13(8-18)11-2-1-7-19-9-11/h3-6,8,11,13H,1-2,7,9H2. The van der Waals surface area contributed by atoms with Gasteiger partial charge in [0.05, 0.1) is 12.2 Å². The van der Waals surface area contributed by atoms with Gasteiger partial charge in [0.25, 0.3) is 0 Å². The SMILES string of the molecule is O=CC(c1ccc(C(F)(F)F)cc1)C1CCCOC1. The van der Waals surface area contributed by atoms with Crippen molar-refractivity contribution >= 4 is 6.29 Å². The Morgan fingerprint density at radius 2 is 1.95 bits per heavy atom. The minimum Gasteiger partial charge on any atom is -0.381 e. The summed E-state index contributed by atoms with van der Waals surface area (Å²) in [6.07, 6.45) is -1.79. The van der Waals surface area contributed by atoms with E-state index in [-0.39, 0.29) is 11.8 Å². The minimum atomic E-state index is -4.34. The molecule has 19 heavy (non-hydrogen) atoms. The van der Waals surface area contributed by atoms with E-state index in [4.69, 9.17) is 4.74 Å². The van der Waals surface area contributed by atoms with Crippen LogP contribution in [0.4, 0.5) is 13.2 Å². The van der Waals surface area contributed by atoms with E-state index >= 15 is 0 Å². The molecule has 0 aliphatic carbocycles. The Labute approximate surface area is 109 Å². The molecule has 2 atom stereocenters. The van der Waals surface area contributed by atoms with Crippen LogP contribution in [-0.2, 0) is 15.7 Å². The number of rotatable bonds is 3. The minimum absolute atomic E-state index is 0.0583. The molecule has 2 nitrogen and oxygen atoms in total. The van der Waals surface area contributed by atoms with Gasteiger partial charge < -0.3 is 9.53 Å². The lowest BCUT2D eigenvalue weighted by Gasteiger charge is -2.27. The van der Waals surface area contributed by atoms with Crippen molar-refractivity contribution in [2.24, 2.45) is 5.92 Å². The summed E-state index contributed by atoms with van der Waals surface area (Å²) in [5, 5.41) is 0. The molecule has 1 heterocycles. The highest BCUT2D eigenvalue weighted by Gasteiger charge is 2.31. The largest absolute Gasteiger partial charge is 0.416 e. The van der Waals surface area contributed by atoms with E-state index < -0.39 is 11.7 Å². The molecule has 1 fully saturated rings. The summed E-state index contributed by atoms with van der Waals surface area (Å²) in [4.78, 5) is 11.2. The zero-order valence-corrected chi connectivity index (χ0v) is 10.3. The Morgan fingerprint density at radius 1 is 1.26 bits per heavy atom. The highest BCUT2D eigenvalue weighted by molar-refractivity contribution is 5.63. The van der Waals surface area contributed by atoms with E-state index in [1.807, 2.05) is 0 Å². The number of aldehydes is 1. The van der Waals surface area contributed by atoms with Crippen molar-refractivity contribution < 1.29 is 22.7 Å². The molecule has 0 bridgehead atoms. The number of benzene rings is 1. The maximum atomic E-state index is 12.5. The molecular formula is C14H15F3O2. The first-order chi connectivity index (χ1) is 9.02. The zero-order valence-electron chi connectivity index (χ0n) is 10.3. The Balaban J connectivity index is 2.16. The van der Waals surface area contributed by atoms with Crippen LogP contribution in [0.15, 0.2) is 24.3 Å². The number of ether oxygens (including phenoxy) is 1. The summed E-state index contributed by atoms with van der Waals surface area (Å²) in [7, 11) is 0. The number of carbonyl (C=O) groups is 1. The third-order valence-electron chi connectivity index (χ3n) is 3.47. The molecule has 1 aliphatic heterocycles. The van der Waals surface area contributed by atoms with Crippen LogP contribution < -0.4 is 0 Å². The Kier molecular flexibility index (Phi) is 4.24. The van der Waals surface area contributed by atoms with E-state index in [9.17, 15) is 18.0 Å². The first kappa shape index (κ1) is 14.1. The molecule has 0 radical (unpaired) electrons. The fourth-order valence-electron chi connectivity index (χ4n) is 2.41. The van der Waals surface area contributed by atoms with Crippen LogP contribution in [0.25, 0.3) is 0 Å². The van der Waals surface area contributed by atoms with Crippen molar-refractivity contribution in [1.82, 2.24) is 0 Å². The molecule has 2 rings (SSSR count). The molecule has 5 heteroatoms. The molecule has 2 unspecified atom stereocenters. The third kappa shape index (κ3) is 3.35. The second-order valence-corrected chi connectivity index (χ2v) is 4.76. The normalized spacial score (nSPS) is 21.9. The predicted octanol–water partition coefficient (Wildman–Crippen LogP) is 3.41. The number of hydrogen-bond donors (Lipinski definition) is 0. The van der Waals surface area contributed by atoms with Crippen molar-refractivity contribution in [3.05, 3.63) is 35.4 Å². The van der Waals surface area contributed by atoms with Crippen LogP contribution in [0.3, 0.4) is 0 Å². The number of alkyl halides is 3. The third-order valence-corrected chi connectivity index (χ3v) is 3.47. The molecule has 0 aromatic heterocycles. The topological polar surface area (TPSA) is 26.3 Å². The fourth-order valence-corrected chi connectivity index (χ4v) is 2.41. The monoisotopic (exact) mass is 272 g/mol. The van der Waals surface area contributed by atoms with Gasteiger partial charge in [0.15, 0.2) is 0 Å². The van der Waals surface area contributed by atoms with Gasteiger partial charge in [0.2, 0.25) is 0 Å². The van der Waals surface area contributed by atoms with Crippen LogP contribution in [-0.4, -0.2) is 19.5 Å². The van der Waals surface area contributed by atoms with Crippen LogP contribution in [0.2, 0.25) is 0 Å². The van der Waals surface area contributed by atoms with Crippen LogP contribution >= 0.6 is 0 Å². The Hall–Kier alpha value is -1.36. The lowest BCUT2D eigenvalue weighted by atomic mass is 9.83. The smallest absolute Gasteiger partial charge is 0.381 e. The van der Waals surface area contributed by atoms with Crippen LogP contribution in [0, 0.1) is 5.92 Å². The average Bonchev–Trinajstić information content (AvgIpc) is 2.40. The lowest BCUT2D eigenvalue weighted by molar-refractivity contribution is -0.137. The van der Waals surface area contributed by atoms with Gasteiger partial charge in [-0.05, 0) is 36.5 Å². The molecule has 1 aliphatic rings. The van der Waals surface area contributed by atoms with E-state index in [1.54, 1.807) is 0 Å². The summed E-state index contributed by atoms with van der Waals surface area (Å²) in [5.41, 5.74) is -0.0701. The van der Waals surface area contributed by atoms with E-state index in [0.29, 0.717) is 18.8 Å². The quantitative estimate of drug-likeness (QED) is 0.788. The van der Waals surface area contributed by atoms with E-state index in [1.165, 1.54) is 12.1 Å². The average molecular weight is 272 g/mol. The fraction of sp³-hybridized carbons (Fsp3) is 0.500. The first-order valence-electron chi connectivity index (χ1n) is 6.22. The maximum absolute atomic E-state index is 12.5. The van der Waals surface area contributed by atoms with Crippen molar-refractivity contribution in [1.29, 1.82) is 0 Å². The summed E-state index contributed by atoms with van der Waals surface area (Å²) in [5.74, 6) is -0.328. The molecule has 0 N–H and O–H groups in total. The maximum Gasteiger partial charge on any atom is 0.416 e. The molecular weight excluding hydrogens is 257 g/mol. The van der Waals surface area contributed by atoms with Gasteiger partial charge in [-0.1, -0.05) is 12.1 Å². The second kappa shape index (κ2) is 5.74. The highest BCUT2D eigenvalue weighted by atomic mass is 19.4. The van der Waals surface area contributed by atoms with Crippen molar-refractivity contribution in [3.8, 4) is 0 Å². The highest BCUT2D eigenvalue weighted by Crippen LogP contribution is 2.33. The van der Waals surface area contributed by atoms with Gasteiger partial charge in [-0.2, -0.15) is 13.2 Å². The second-order valence-electron chi connectivity index (χ2n) is 4.76. The van der Waals surface area contributed by atoms with Gasteiger partial charge in [-0.25, -0.2) is 0 Å². The molecule has 104 valence electrons. The Bertz CT molecular complexity index is 419. The van der Waals surface area contributed by atoms with Gasteiger partial charge >= 0.3 is 6.18 Å². The van der Waals surface area contributed by atoms with Gasteiger partial charge in [0, 0.05) is 12.5 Å². The molecule has 1 saturated heterocycles. The Morgan fingerprint density at radius 3 is 2.42 bits per heavy atom. The summed E-state index contributed by atoms with van der Waals surface area (Å²) in [6, 6.07) is 4.82. The molecule has 0 spiro atoms. The van der Waals surface area contributed by atoms with Crippen LogP contribution in [0.1, 0.15) is 29.9 Å². The summed E-state index contributed by atoms with van der Waals surface area (Å²) >= 11 is 0. The van der Waals surface area contributed by atoms with E-state index in [0.717, 1.165) is 31.3 Å². The zero-order chi connectivity index (χ0) is 13.9. The van der Waals surface area contributed by atoms with Gasteiger partial charge in [-0.3, -0.25) is 0 Å². The van der Waals surface area contributed by atoms with Crippen molar-refractivity contribution in [2.75, 3.05) is 13.2 Å². The number of halogens is 3. The van der Waals surface area contributed by atoms with Gasteiger partial charge in [0.1, 0.15) is 6.29 Å². The first-order valence-corrected chi connectivity index (χ1v) is 6.22. The van der Waals surface area contributed by atoms with Gasteiger partial charge in [-0.15, -0.1) is 0 Å². The lowest BCUT2D eigenvalue weighted by Crippen LogP contribution is -2.24. The summed E-state index contributed by atoms with van der Waals surface area (Å²) in [6.45, 7) is 1.18. The summed E-state index contributed by atoms with van der Waals surface area (Å²) < 4.78 is 42.7. The van der Waals surface area contributed by atoms with Crippen molar-refractivity contribution in [3.63, 3.8) is 0 Å². The molecule has 0 amide bonds. The molecule has 1 aromatic rings. The van der Waals surface area contributed by atoms with E-state index in [2.05, 4.69) is 0 Å². The van der Waals surface area contributed by atoms with Crippen molar-refractivity contribution in [2.45, 2.75) is 24.9 Å².